The minimum absolute atomic E-state index is 0. The minimum atomic E-state index is -1.08. The molecule has 18 nitrogen and oxygen atoms in total. The van der Waals surface area contributed by atoms with Crippen LogP contribution in [0.2, 0.25) is 0 Å². The van der Waals surface area contributed by atoms with Crippen molar-refractivity contribution >= 4 is 64.6 Å². The molecule has 4 aromatic carbocycles. The summed E-state index contributed by atoms with van der Waals surface area (Å²) in [5, 5.41) is 9.69. The van der Waals surface area contributed by atoms with Crippen molar-refractivity contribution in [2.24, 2.45) is 0 Å². The molecule has 2 aliphatic rings. The summed E-state index contributed by atoms with van der Waals surface area (Å²) in [5.74, 6) is -3.80. The standard InChI is InChI=1S/C30H32F2N6O4.C25H24F2N6O2.ClH/c1-18-16-19(6-7-20(18)28(39)36-12-14-37(15-13-36)29(40)42-30(2,3)4)35-26-27-34-17-22(38(27)11-10-33-26)21-8-9-23(41-5)25(32)24(21)31;1-15-13-16(3-4-17(15)25(34)32-10-7-28-8-11-32)31-23-24-30-14-19(33(24)12-9-29-23)18-5-6-20(35-2)22(27)21(18)26;/h6-11,16-17H,12-15H2,1-5H3,(H,33,35);3-6,9,12-14,28H,7-8,10-11H2,1-2H3,(H,29,31);1H. The molecule has 4 aromatic heterocycles. The fourth-order valence-electron chi connectivity index (χ4n) is 9.05. The third kappa shape index (κ3) is 11.6. The van der Waals surface area contributed by atoms with Crippen molar-refractivity contribution in [1.82, 2.24) is 48.8 Å². The minimum Gasteiger partial charge on any atom is -0.494 e. The molecule has 0 radical (unpaired) electrons. The number of carbonyl (C=O) groups excluding carboxylic acids is 3. The number of benzene rings is 4. The van der Waals surface area contributed by atoms with Crippen molar-refractivity contribution in [3.05, 3.63) is 143 Å². The van der Waals surface area contributed by atoms with Crippen molar-refractivity contribution in [3.63, 3.8) is 0 Å². The Bertz CT molecular complexity index is 3540. The number of methoxy groups -OCH3 is 2. The molecule has 0 unspecified atom stereocenters. The van der Waals surface area contributed by atoms with E-state index in [-0.39, 0.29) is 52.9 Å². The monoisotopic (exact) mass is 1090 g/mol. The van der Waals surface area contributed by atoms with Gasteiger partial charge in [0, 0.05) is 111 Å². The van der Waals surface area contributed by atoms with Crippen molar-refractivity contribution < 1.29 is 46.2 Å². The van der Waals surface area contributed by atoms with Gasteiger partial charge in [-0.05, 0) is 106 Å². The van der Waals surface area contributed by atoms with Crippen LogP contribution in [0, 0.1) is 37.1 Å². The molecule has 0 atom stereocenters. The molecule has 8 aromatic rings. The highest BCUT2D eigenvalue weighted by molar-refractivity contribution is 5.97. The van der Waals surface area contributed by atoms with E-state index in [9.17, 15) is 31.9 Å². The largest absolute Gasteiger partial charge is 0.494 e. The van der Waals surface area contributed by atoms with E-state index < -0.39 is 28.9 Å². The average molecular weight is 1090 g/mol. The van der Waals surface area contributed by atoms with Crippen LogP contribution in [0.3, 0.4) is 0 Å². The maximum atomic E-state index is 14.8. The Labute approximate surface area is 452 Å². The summed E-state index contributed by atoms with van der Waals surface area (Å²) in [6, 6.07) is 16.5. The normalized spacial score (nSPS) is 13.6. The number of rotatable bonds is 10. The molecule has 408 valence electrons. The number of aryl methyl sites for hydroxylation is 2. The highest BCUT2D eigenvalue weighted by Gasteiger charge is 2.29. The second kappa shape index (κ2) is 23.4. The van der Waals surface area contributed by atoms with E-state index in [0.29, 0.717) is 90.4 Å². The van der Waals surface area contributed by atoms with Crippen molar-refractivity contribution in [2.45, 2.75) is 40.2 Å². The third-order valence-corrected chi connectivity index (χ3v) is 13.0. The number of aromatic nitrogens is 6. The predicted octanol–water partition coefficient (Wildman–Crippen LogP) is 9.63. The second-order valence-corrected chi connectivity index (χ2v) is 19.2. The van der Waals surface area contributed by atoms with Crippen molar-refractivity contribution in [3.8, 4) is 34.0 Å². The van der Waals surface area contributed by atoms with E-state index in [2.05, 4.69) is 35.9 Å². The van der Waals surface area contributed by atoms with Crippen LogP contribution in [-0.4, -0.2) is 134 Å². The zero-order valence-electron chi connectivity index (χ0n) is 43.8. The number of carbonyl (C=O) groups is 3. The topological polar surface area (TPSA) is 185 Å². The van der Waals surface area contributed by atoms with Gasteiger partial charge in [-0.2, -0.15) is 8.78 Å². The van der Waals surface area contributed by atoms with E-state index in [1.54, 1.807) is 55.4 Å². The van der Waals surface area contributed by atoms with Gasteiger partial charge in [-0.25, -0.2) is 33.5 Å². The van der Waals surface area contributed by atoms with Crippen LogP contribution in [-0.2, 0) is 4.74 Å². The molecule has 23 heteroatoms. The second-order valence-electron chi connectivity index (χ2n) is 19.2. The predicted molar refractivity (Wildman–Crippen MR) is 288 cm³/mol. The summed E-state index contributed by atoms with van der Waals surface area (Å²) in [7, 11) is 2.55. The SMILES string of the molecule is COc1ccc(-c2cnc3c(Nc4ccc(C(=O)N5CCN(C(=O)OC(C)(C)C)CC5)c(C)c4)nccn23)c(F)c1F.COc1ccc(-c2cnc3c(Nc4ccc(C(=O)N5CCNCC5)c(C)c4)nccn23)c(F)c1F.Cl. The first kappa shape index (κ1) is 55.7. The number of ether oxygens (including phenoxy) is 3. The molecule has 78 heavy (non-hydrogen) atoms. The average Bonchev–Trinajstić information content (AvgIpc) is 4.07. The number of nitrogens with zero attached hydrogens (tertiary/aromatic N) is 9. The number of amides is 3. The lowest BCUT2D eigenvalue weighted by molar-refractivity contribution is 0.0140. The molecule has 0 saturated carbocycles. The fraction of sp³-hybridized carbons (Fsp3) is 0.291. The van der Waals surface area contributed by atoms with Crippen LogP contribution in [0.25, 0.3) is 33.8 Å². The first-order chi connectivity index (χ1) is 36.9. The number of hydrogen-bond donors (Lipinski definition) is 3. The summed E-state index contributed by atoms with van der Waals surface area (Å²) in [6.45, 7) is 13.8. The number of fused-ring (bicyclic) bond motifs is 2. The van der Waals surface area contributed by atoms with E-state index >= 15 is 0 Å². The van der Waals surface area contributed by atoms with E-state index in [0.717, 1.165) is 29.9 Å². The zero-order chi connectivity index (χ0) is 54.7. The van der Waals surface area contributed by atoms with Gasteiger partial charge in [0.2, 0.25) is 11.6 Å². The first-order valence-electron chi connectivity index (χ1n) is 24.7. The lowest BCUT2D eigenvalue weighted by atomic mass is 10.1. The van der Waals surface area contributed by atoms with Crippen molar-refractivity contribution in [2.75, 3.05) is 77.2 Å². The van der Waals surface area contributed by atoms with Gasteiger partial charge >= 0.3 is 6.09 Å². The third-order valence-electron chi connectivity index (χ3n) is 13.0. The van der Waals surface area contributed by atoms with Gasteiger partial charge in [0.05, 0.1) is 38.0 Å². The van der Waals surface area contributed by atoms with E-state index in [1.807, 2.05) is 57.7 Å². The summed E-state index contributed by atoms with van der Waals surface area (Å²) >= 11 is 0. The van der Waals surface area contributed by atoms with Gasteiger partial charge in [-0.1, -0.05) is 0 Å². The molecule has 3 N–H and O–H groups in total. The molecule has 2 fully saturated rings. The molecular weight excluding hydrogens is 1040 g/mol. The molecule has 6 heterocycles. The molecule has 3 amide bonds. The number of nitrogens with one attached hydrogen (secondary N) is 3. The van der Waals surface area contributed by atoms with Gasteiger partial charge in [-0.15, -0.1) is 12.4 Å². The number of hydrogen-bond acceptors (Lipinski definition) is 13. The zero-order valence-corrected chi connectivity index (χ0v) is 44.6. The lowest BCUT2D eigenvalue weighted by Crippen LogP contribution is -2.51. The van der Waals surface area contributed by atoms with E-state index in [1.165, 1.54) is 57.1 Å². The lowest BCUT2D eigenvalue weighted by Gasteiger charge is -2.35. The smallest absolute Gasteiger partial charge is 0.410 e. The van der Waals surface area contributed by atoms with Gasteiger partial charge < -0.3 is 44.9 Å². The Balaban J connectivity index is 0.000000206. The van der Waals surface area contributed by atoms with E-state index in [4.69, 9.17) is 14.2 Å². The Kier molecular flexibility index (Phi) is 16.7. The molecule has 0 aliphatic carbocycles. The highest BCUT2D eigenvalue weighted by atomic mass is 35.5. The molecule has 0 spiro atoms. The van der Waals surface area contributed by atoms with Gasteiger partial charge in [0.15, 0.2) is 46.1 Å². The van der Waals surface area contributed by atoms with Gasteiger partial charge in [0.1, 0.15) is 5.60 Å². The van der Waals surface area contributed by atoms with Crippen LogP contribution in [0.15, 0.2) is 97.8 Å². The number of halogens is 5. The molecule has 0 bridgehead atoms. The quantitative estimate of drug-likeness (QED) is 0.110. The number of imidazole rings is 2. The summed E-state index contributed by atoms with van der Waals surface area (Å²) < 4.78 is 76.6. The molecule has 2 aliphatic heterocycles. The maximum absolute atomic E-state index is 14.8. The maximum Gasteiger partial charge on any atom is 0.410 e. The number of anilines is 4. The van der Waals surface area contributed by atoms with Gasteiger partial charge in [-0.3, -0.25) is 18.4 Å². The first-order valence-corrected chi connectivity index (χ1v) is 24.7. The Morgan fingerprint density at radius 1 is 0.577 bits per heavy atom. The summed E-state index contributed by atoms with van der Waals surface area (Å²) in [6.07, 6.45) is 8.85. The Morgan fingerprint density at radius 2 is 1.00 bits per heavy atom. The Hall–Kier alpha value is -8.50. The van der Waals surface area contributed by atoms with Crippen LogP contribution in [0.1, 0.15) is 52.6 Å². The number of piperazine rings is 2. The Morgan fingerprint density at radius 3 is 1.41 bits per heavy atom. The molecular formula is C55H57ClF4N12O6. The molecule has 2 saturated heterocycles. The summed E-state index contributed by atoms with van der Waals surface area (Å²) in [4.78, 5) is 61.2. The van der Waals surface area contributed by atoms with Crippen molar-refractivity contribution in [1.29, 1.82) is 0 Å². The fourth-order valence-corrected chi connectivity index (χ4v) is 9.05. The molecule has 10 rings (SSSR count). The van der Waals surface area contributed by atoms with Crippen LogP contribution in [0.5, 0.6) is 11.5 Å². The van der Waals surface area contributed by atoms with Crippen LogP contribution >= 0.6 is 12.4 Å². The summed E-state index contributed by atoms with van der Waals surface area (Å²) in [5.41, 5.74) is 5.28. The van der Waals surface area contributed by atoms with Crippen LogP contribution in [0.4, 0.5) is 45.4 Å². The van der Waals surface area contributed by atoms with Gasteiger partial charge in [0.25, 0.3) is 11.8 Å². The van der Waals surface area contributed by atoms with Crippen LogP contribution < -0.4 is 25.4 Å². The highest BCUT2D eigenvalue weighted by Crippen LogP contribution is 2.34.